The number of hydrogen-bond acceptors (Lipinski definition) is 4. The number of rotatable bonds is 7. The molecule has 168 valence electrons. The van der Waals surface area contributed by atoms with Crippen LogP contribution in [0.3, 0.4) is 0 Å². The number of hydrogen-bond donors (Lipinski definition) is 1. The molecule has 3 aromatic rings. The predicted octanol–water partition coefficient (Wildman–Crippen LogP) is 5.99. The van der Waals surface area contributed by atoms with Crippen LogP contribution in [0.25, 0.3) is 5.57 Å². The Morgan fingerprint density at radius 3 is 1.97 bits per heavy atom. The summed E-state index contributed by atoms with van der Waals surface area (Å²) < 4.78 is 5.73. The molecule has 1 aliphatic heterocycles. The molecule has 0 spiro atoms. The first-order valence-corrected chi connectivity index (χ1v) is 11.2. The molecule has 1 aliphatic rings. The molecule has 2 amide bonds. The van der Waals surface area contributed by atoms with Crippen molar-refractivity contribution in [2.75, 3.05) is 10.2 Å². The average molecular weight is 441 g/mol. The van der Waals surface area contributed by atoms with E-state index in [-0.39, 0.29) is 23.6 Å². The Morgan fingerprint density at radius 1 is 0.758 bits per heavy atom. The third-order valence-corrected chi connectivity index (χ3v) is 5.46. The molecular formula is C28H28N2O3. The molecular weight excluding hydrogens is 412 g/mol. The van der Waals surface area contributed by atoms with Gasteiger partial charge in [-0.15, -0.1) is 0 Å². The van der Waals surface area contributed by atoms with E-state index >= 15 is 0 Å². The lowest BCUT2D eigenvalue weighted by Crippen LogP contribution is -2.32. The zero-order valence-corrected chi connectivity index (χ0v) is 19.3. The lowest BCUT2D eigenvalue weighted by molar-refractivity contribution is -0.120. The highest BCUT2D eigenvalue weighted by Crippen LogP contribution is 2.34. The van der Waals surface area contributed by atoms with Crippen molar-refractivity contribution >= 4 is 28.8 Å². The van der Waals surface area contributed by atoms with Crippen molar-refractivity contribution in [1.29, 1.82) is 0 Å². The average Bonchev–Trinajstić information content (AvgIpc) is 3.04. The SMILES string of the molecule is CC(C)Oc1ccc(C2=C(Nc3ccc(C(C)C)cc3)C(=O)N(c3ccccc3)C2=O)cc1. The molecule has 0 atom stereocenters. The van der Waals surface area contributed by atoms with Crippen molar-refractivity contribution in [3.8, 4) is 5.75 Å². The van der Waals surface area contributed by atoms with E-state index in [9.17, 15) is 9.59 Å². The summed E-state index contributed by atoms with van der Waals surface area (Å²) in [6.07, 6.45) is 0.0457. The molecule has 0 fully saturated rings. The number of carbonyl (C=O) groups is 2. The number of benzene rings is 3. The van der Waals surface area contributed by atoms with Crippen LogP contribution in [0.15, 0.2) is 84.6 Å². The molecule has 0 unspecified atom stereocenters. The highest BCUT2D eigenvalue weighted by Gasteiger charge is 2.40. The number of anilines is 2. The van der Waals surface area contributed by atoms with Gasteiger partial charge in [0.15, 0.2) is 0 Å². The molecule has 0 bridgehead atoms. The Hall–Kier alpha value is -3.86. The molecule has 0 saturated carbocycles. The normalized spacial score (nSPS) is 13.9. The molecule has 33 heavy (non-hydrogen) atoms. The Bertz CT molecular complexity index is 1180. The maximum Gasteiger partial charge on any atom is 0.282 e. The molecule has 5 nitrogen and oxygen atoms in total. The predicted molar refractivity (Wildman–Crippen MR) is 132 cm³/mol. The standard InChI is InChI=1S/C28H28N2O3/c1-18(2)20-10-14-22(15-11-20)29-26-25(21-12-16-24(17-13-21)33-19(3)4)27(31)30(28(26)32)23-8-6-5-7-9-23/h5-19,29H,1-4H3. The van der Waals surface area contributed by atoms with E-state index in [1.807, 2.05) is 80.6 Å². The molecule has 1 N–H and O–H groups in total. The summed E-state index contributed by atoms with van der Waals surface area (Å²) in [5, 5.41) is 3.22. The zero-order valence-electron chi connectivity index (χ0n) is 19.3. The van der Waals surface area contributed by atoms with E-state index in [4.69, 9.17) is 4.74 Å². The Balaban J connectivity index is 1.74. The second-order valence-corrected chi connectivity index (χ2v) is 8.62. The Labute approximate surface area is 194 Å². The van der Waals surface area contributed by atoms with Crippen molar-refractivity contribution in [2.24, 2.45) is 0 Å². The lowest BCUT2D eigenvalue weighted by Gasteiger charge is -2.15. The van der Waals surface area contributed by atoms with E-state index in [2.05, 4.69) is 19.2 Å². The summed E-state index contributed by atoms with van der Waals surface area (Å²) in [5.41, 5.74) is 3.76. The number of ether oxygens (including phenoxy) is 1. The van der Waals surface area contributed by atoms with Gasteiger partial charge in [-0.1, -0.05) is 56.3 Å². The first-order chi connectivity index (χ1) is 15.8. The van der Waals surface area contributed by atoms with Crippen LogP contribution in [0.1, 0.15) is 44.7 Å². The summed E-state index contributed by atoms with van der Waals surface area (Å²) in [6.45, 7) is 8.18. The monoisotopic (exact) mass is 440 g/mol. The molecule has 0 radical (unpaired) electrons. The van der Waals surface area contributed by atoms with E-state index < -0.39 is 0 Å². The van der Waals surface area contributed by atoms with Gasteiger partial charge in [0, 0.05) is 5.69 Å². The van der Waals surface area contributed by atoms with E-state index in [0.29, 0.717) is 28.5 Å². The maximum atomic E-state index is 13.5. The second-order valence-electron chi connectivity index (χ2n) is 8.62. The minimum Gasteiger partial charge on any atom is -0.491 e. The van der Waals surface area contributed by atoms with Crippen LogP contribution < -0.4 is 15.0 Å². The fourth-order valence-corrected chi connectivity index (χ4v) is 3.79. The zero-order chi connectivity index (χ0) is 23.5. The summed E-state index contributed by atoms with van der Waals surface area (Å²) >= 11 is 0. The summed E-state index contributed by atoms with van der Waals surface area (Å²) in [6, 6.07) is 24.2. The molecule has 0 aromatic heterocycles. The smallest absolute Gasteiger partial charge is 0.282 e. The third kappa shape index (κ3) is 4.67. The molecule has 1 heterocycles. The first kappa shape index (κ1) is 22.3. The molecule has 0 aliphatic carbocycles. The molecule has 0 saturated heterocycles. The maximum absolute atomic E-state index is 13.5. The number of nitrogens with zero attached hydrogens (tertiary/aromatic N) is 1. The van der Waals surface area contributed by atoms with Crippen LogP contribution >= 0.6 is 0 Å². The van der Waals surface area contributed by atoms with Gasteiger partial charge >= 0.3 is 0 Å². The summed E-state index contributed by atoms with van der Waals surface area (Å²) in [5.74, 6) is 0.384. The van der Waals surface area contributed by atoms with Crippen molar-refractivity contribution in [1.82, 2.24) is 0 Å². The minimum atomic E-state index is -0.378. The van der Waals surface area contributed by atoms with Crippen LogP contribution in [0.5, 0.6) is 5.75 Å². The van der Waals surface area contributed by atoms with Crippen LogP contribution in [0.4, 0.5) is 11.4 Å². The van der Waals surface area contributed by atoms with E-state index in [0.717, 1.165) is 5.69 Å². The summed E-state index contributed by atoms with van der Waals surface area (Å²) in [7, 11) is 0. The number of nitrogens with one attached hydrogen (secondary N) is 1. The first-order valence-electron chi connectivity index (χ1n) is 11.2. The van der Waals surface area contributed by atoms with Crippen molar-refractivity contribution in [3.05, 3.63) is 95.7 Å². The molecule has 4 rings (SSSR count). The highest BCUT2D eigenvalue weighted by molar-refractivity contribution is 6.46. The summed E-state index contributed by atoms with van der Waals surface area (Å²) in [4.78, 5) is 28.2. The lowest BCUT2D eigenvalue weighted by atomic mass is 10.0. The van der Waals surface area contributed by atoms with Crippen LogP contribution in [0, 0.1) is 0 Å². The number of carbonyl (C=O) groups excluding carboxylic acids is 2. The van der Waals surface area contributed by atoms with Gasteiger partial charge in [0.25, 0.3) is 11.8 Å². The van der Waals surface area contributed by atoms with Gasteiger partial charge in [-0.3, -0.25) is 9.59 Å². The fraction of sp³-hybridized carbons (Fsp3) is 0.214. The Morgan fingerprint density at radius 2 is 1.39 bits per heavy atom. The van der Waals surface area contributed by atoms with Crippen LogP contribution in [0.2, 0.25) is 0 Å². The van der Waals surface area contributed by atoms with Gasteiger partial charge in [-0.05, 0) is 67.3 Å². The van der Waals surface area contributed by atoms with Gasteiger partial charge < -0.3 is 10.1 Å². The fourth-order valence-electron chi connectivity index (χ4n) is 3.79. The molecule has 3 aromatic carbocycles. The van der Waals surface area contributed by atoms with Gasteiger partial charge in [0.1, 0.15) is 11.4 Å². The topological polar surface area (TPSA) is 58.6 Å². The van der Waals surface area contributed by atoms with Crippen molar-refractivity contribution in [2.45, 2.75) is 39.7 Å². The largest absolute Gasteiger partial charge is 0.491 e. The Kier molecular flexibility index (Phi) is 6.31. The number of imide groups is 1. The van der Waals surface area contributed by atoms with Gasteiger partial charge in [0.05, 0.1) is 17.4 Å². The third-order valence-electron chi connectivity index (χ3n) is 5.46. The van der Waals surface area contributed by atoms with Gasteiger partial charge in [-0.2, -0.15) is 0 Å². The van der Waals surface area contributed by atoms with Crippen LogP contribution in [-0.4, -0.2) is 17.9 Å². The van der Waals surface area contributed by atoms with Crippen molar-refractivity contribution < 1.29 is 14.3 Å². The van der Waals surface area contributed by atoms with Crippen LogP contribution in [-0.2, 0) is 9.59 Å². The van der Waals surface area contributed by atoms with Crippen molar-refractivity contribution in [3.63, 3.8) is 0 Å². The van der Waals surface area contributed by atoms with E-state index in [1.165, 1.54) is 10.5 Å². The molecule has 5 heteroatoms. The highest BCUT2D eigenvalue weighted by atomic mass is 16.5. The minimum absolute atomic E-state index is 0.0457. The number of amides is 2. The van der Waals surface area contributed by atoms with E-state index in [1.54, 1.807) is 12.1 Å². The van der Waals surface area contributed by atoms with Gasteiger partial charge in [0.2, 0.25) is 0 Å². The second kappa shape index (κ2) is 9.33. The quantitative estimate of drug-likeness (QED) is 0.458. The number of para-hydroxylation sites is 1. The van der Waals surface area contributed by atoms with Gasteiger partial charge in [-0.25, -0.2) is 4.90 Å².